The molecule has 0 saturated carbocycles. The first-order valence-corrected chi connectivity index (χ1v) is 5.76. The van der Waals surface area contributed by atoms with Gasteiger partial charge < -0.3 is 0 Å². The highest BCUT2D eigenvalue weighted by molar-refractivity contribution is 7.99. The van der Waals surface area contributed by atoms with E-state index in [4.69, 9.17) is 10.5 Å². The number of nitriles is 2. The fourth-order valence-electron chi connectivity index (χ4n) is 1.74. The summed E-state index contributed by atoms with van der Waals surface area (Å²) in [6, 6.07) is 6.12. The van der Waals surface area contributed by atoms with E-state index >= 15 is 0 Å². The third kappa shape index (κ3) is 1.95. The summed E-state index contributed by atoms with van der Waals surface area (Å²) in [6.07, 6.45) is 3.15. The first kappa shape index (κ1) is 10.0. The molecular weight excluding hydrogens is 206 g/mol. The standard InChI is InChI=1S/C11H9N3S/c12-4-5-15-11-9(7-13)6-8-2-1-3-10(8)14-11/h6H,1-3,5H2. The lowest BCUT2D eigenvalue weighted by Gasteiger charge is -2.04. The van der Waals surface area contributed by atoms with Gasteiger partial charge in [-0.25, -0.2) is 4.98 Å². The van der Waals surface area contributed by atoms with Crippen molar-refractivity contribution in [1.82, 2.24) is 4.98 Å². The summed E-state index contributed by atoms with van der Waals surface area (Å²) in [5.74, 6) is 0.348. The molecule has 1 aromatic heterocycles. The molecular formula is C11H9N3S. The van der Waals surface area contributed by atoms with Crippen molar-refractivity contribution in [1.29, 1.82) is 10.5 Å². The first-order chi connectivity index (χ1) is 7.35. The van der Waals surface area contributed by atoms with Gasteiger partial charge in [-0.2, -0.15) is 10.5 Å². The number of hydrogen-bond donors (Lipinski definition) is 0. The van der Waals surface area contributed by atoms with E-state index in [0.717, 1.165) is 25.0 Å². The zero-order valence-corrected chi connectivity index (χ0v) is 8.97. The van der Waals surface area contributed by atoms with Gasteiger partial charge in [0.1, 0.15) is 11.1 Å². The molecule has 1 aromatic rings. The number of aryl methyl sites for hydroxylation is 2. The average Bonchev–Trinajstić information content (AvgIpc) is 2.71. The van der Waals surface area contributed by atoms with E-state index in [1.165, 1.54) is 17.3 Å². The summed E-state index contributed by atoms with van der Waals surface area (Å²) in [6.45, 7) is 0. The van der Waals surface area contributed by atoms with Gasteiger partial charge in [-0.3, -0.25) is 0 Å². The summed E-state index contributed by atoms with van der Waals surface area (Å²) in [5, 5.41) is 18.2. The van der Waals surface area contributed by atoms with E-state index in [2.05, 4.69) is 11.1 Å². The molecule has 0 saturated heterocycles. The molecule has 0 fully saturated rings. The Morgan fingerprint density at radius 2 is 2.27 bits per heavy atom. The van der Waals surface area contributed by atoms with Crippen LogP contribution in [0.1, 0.15) is 23.2 Å². The van der Waals surface area contributed by atoms with E-state index in [1.54, 1.807) is 0 Å². The topological polar surface area (TPSA) is 60.5 Å². The predicted molar refractivity (Wildman–Crippen MR) is 57.3 cm³/mol. The summed E-state index contributed by atoms with van der Waals surface area (Å²) in [7, 11) is 0. The molecule has 0 spiro atoms. The van der Waals surface area contributed by atoms with Gasteiger partial charge in [0.05, 0.1) is 17.4 Å². The monoisotopic (exact) mass is 215 g/mol. The second-order valence-electron chi connectivity index (χ2n) is 3.36. The number of pyridine rings is 1. The van der Waals surface area contributed by atoms with Crippen molar-refractivity contribution in [3.63, 3.8) is 0 Å². The minimum atomic E-state index is 0.348. The van der Waals surface area contributed by atoms with Gasteiger partial charge in [0.25, 0.3) is 0 Å². The maximum atomic E-state index is 8.96. The van der Waals surface area contributed by atoms with Crippen LogP contribution in [-0.4, -0.2) is 10.7 Å². The molecule has 0 unspecified atom stereocenters. The molecule has 0 radical (unpaired) electrons. The zero-order chi connectivity index (χ0) is 10.7. The number of aromatic nitrogens is 1. The Bertz CT molecular complexity index is 468. The van der Waals surface area contributed by atoms with Crippen molar-refractivity contribution < 1.29 is 0 Å². The molecule has 4 heteroatoms. The summed E-state index contributed by atoms with van der Waals surface area (Å²) in [4.78, 5) is 4.45. The van der Waals surface area contributed by atoms with Crippen LogP contribution in [0.2, 0.25) is 0 Å². The predicted octanol–water partition coefficient (Wildman–Crippen LogP) is 2.06. The normalized spacial score (nSPS) is 12.9. The van der Waals surface area contributed by atoms with Crippen molar-refractivity contribution in [3.05, 3.63) is 22.9 Å². The fourth-order valence-corrected chi connectivity index (χ4v) is 2.38. The van der Waals surface area contributed by atoms with Crippen LogP contribution >= 0.6 is 11.8 Å². The lowest BCUT2D eigenvalue weighted by atomic mass is 10.2. The van der Waals surface area contributed by atoms with Gasteiger partial charge >= 0.3 is 0 Å². The Kier molecular flexibility index (Phi) is 2.89. The van der Waals surface area contributed by atoms with Crippen LogP contribution in [0.3, 0.4) is 0 Å². The third-order valence-corrected chi connectivity index (χ3v) is 3.27. The molecule has 1 heterocycles. The Morgan fingerprint density at radius 1 is 1.40 bits per heavy atom. The van der Waals surface area contributed by atoms with Crippen LogP contribution in [0.5, 0.6) is 0 Å². The summed E-state index contributed by atoms with van der Waals surface area (Å²) < 4.78 is 0. The number of thioether (sulfide) groups is 1. The van der Waals surface area contributed by atoms with Gasteiger partial charge in [-0.05, 0) is 30.9 Å². The largest absolute Gasteiger partial charge is 0.245 e. The van der Waals surface area contributed by atoms with Gasteiger partial charge in [-0.15, -0.1) is 0 Å². The molecule has 0 aliphatic heterocycles. The molecule has 74 valence electrons. The van der Waals surface area contributed by atoms with Crippen LogP contribution in [-0.2, 0) is 12.8 Å². The van der Waals surface area contributed by atoms with Crippen LogP contribution in [0.25, 0.3) is 0 Å². The zero-order valence-electron chi connectivity index (χ0n) is 8.16. The molecule has 1 aliphatic rings. The minimum Gasteiger partial charge on any atom is -0.245 e. The van der Waals surface area contributed by atoms with Crippen molar-refractivity contribution in [3.8, 4) is 12.1 Å². The van der Waals surface area contributed by atoms with Gasteiger partial charge in [-0.1, -0.05) is 11.8 Å². The van der Waals surface area contributed by atoms with Crippen molar-refractivity contribution in [2.75, 3.05) is 5.75 Å². The number of nitrogens with zero attached hydrogens (tertiary/aromatic N) is 3. The Morgan fingerprint density at radius 3 is 3.00 bits per heavy atom. The second kappa shape index (κ2) is 4.33. The van der Waals surface area contributed by atoms with Gasteiger partial charge in [0.15, 0.2) is 0 Å². The van der Waals surface area contributed by atoms with Crippen molar-refractivity contribution in [2.45, 2.75) is 24.3 Å². The minimum absolute atomic E-state index is 0.348. The number of fused-ring (bicyclic) bond motifs is 1. The van der Waals surface area contributed by atoms with E-state index < -0.39 is 0 Å². The SMILES string of the molecule is N#CCSc1nc2c(cc1C#N)CCC2. The Hall–Kier alpha value is -1.52. The maximum Gasteiger partial charge on any atom is 0.115 e. The number of hydrogen-bond acceptors (Lipinski definition) is 4. The van der Waals surface area contributed by atoms with Gasteiger partial charge in [0, 0.05) is 5.69 Å². The third-order valence-electron chi connectivity index (χ3n) is 2.41. The van der Waals surface area contributed by atoms with Crippen LogP contribution in [0.15, 0.2) is 11.1 Å². The molecule has 15 heavy (non-hydrogen) atoms. The Labute approximate surface area is 92.7 Å². The highest BCUT2D eigenvalue weighted by Crippen LogP contribution is 2.27. The van der Waals surface area contributed by atoms with E-state index in [-0.39, 0.29) is 0 Å². The molecule has 2 rings (SSSR count). The van der Waals surface area contributed by atoms with Gasteiger partial charge in [0.2, 0.25) is 0 Å². The average molecular weight is 215 g/mol. The van der Waals surface area contributed by atoms with E-state index in [1.807, 2.05) is 12.1 Å². The maximum absolute atomic E-state index is 8.96. The highest BCUT2D eigenvalue weighted by Gasteiger charge is 2.16. The Balaban J connectivity index is 2.37. The van der Waals surface area contributed by atoms with E-state index in [0.29, 0.717) is 16.3 Å². The first-order valence-electron chi connectivity index (χ1n) is 4.78. The second-order valence-corrected chi connectivity index (χ2v) is 4.32. The van der Waals surface area contributed by atoms with Crippen molar-refractivity contribution >= 4 is 11.8 Å². The summed E-state index contributed by atoms with van der Waals surface area (Å²) >= 11 is 1.34. The highest BCUT2D eigenvalue weighted by atomic mass is 32.2. The van der Waals surface area contributed by atoms with Crippen molar-refractivity contribution in [2.24, 2.45) is 0 Å². The quantitative estimate of drug-likeness (QED) is 0.708. The molecule has 0 bridgehead atoms. The summed E-state index contributed by atoms with van der Waals surface area (Å²) in [5.41, 5.74) is 2.91. The van der Waals surface area contributed by atoms with Crippen LogP contribution in [0, 0.1) is 22.7 Å². The smallest absolute Gasteiger partial charge is 0.115 e. The van der Waals surface area contributed by atoms with Crippen LogP contribution in [0.4, 0.5) is 0 Å². The fraction of sp³-hybridized carbons (Fsp3) is 0.364. The molecule has 0 aromatic carbocycles. The molecule has 1 aliphatic carbocycles. The number of rotatable bonds is 2. The lowest BCUT2D eigenvalue weighted by Crippen LogP contribution is -1.95. The lowest BCUT2D eigenvalue weighted by molar-refractivity contribution is 0.891. The van der Waals surface area contributed by atoms with E-state index in [9.17, 15) is 0 Å². The molecule has 0 amide bonds. The molecule has 0 atom stereocenters. The molecule has 0 N–H and O–H groups in total. The molecule has 3 nitrogen and oxygen atoms in total. The van der Waals surface area contributed by atoms with Crippen LogP contribution < -0.4 is 0 Å².